The van der Waals surface area contributed by atoms with Crippen molar-refractivity contribution in [2.45, 2.75) is 17.4 Å². The largest absolute Gasteiger partial charge is 0.493 e. The van der Waals surface area contributed by atoms with Gasteiger partial charge in [0.25, 0.3) is 0 Å². The lowest BCUT2D eigenvalue weighted by atomic mass is 10.1. The van der Waals surface area contributed by atoms with E-state index in [4.69, 9.17) is 9.47 Å². The molecule has 21 heavy (non-hydrogen) atoms. The zero-order chi connectivity index (χ0) is 15.0. The number of nitrogens with zero attached hydrogens (tertiary/aromatic N) is 1. The molecule has 0 amide bonds. The van der Waals surface area contributed by atoms with Gasteiger partial charge in [-0.1, -0.05) is 0 Å². The first-order valence-corrected chi connectivity index (χ1v) is 8.46. The van der Waals surface area contributed by atoms with Gasteiger partial charge in [-0.05, 0) is 31.0 Å². The number of methoxy groups -OCH3 is 2. The Morgan fingerprint density at radius 1 is 1.19 bits per heavy atom. The molecule has 1 N–H and O–H groups in total. The molecular formula is C14H20N2O4S. The average molecular weight is 312 g/mol. The topological polar surface area (TPSA) is 67.9 Å². The molecule has 2 atom stereocenters. The fourth-order valence-corrected chi connectivity index (χ4v) is 4.94. The van der Waals surface area contributed by atoms with E-state index in [1.54, 1.807) is 16.4 Å². The van der Waals surface area contributed by atoms with Crippen LogP contribution < -0.4 is 14.8 Å². The van der Waals surface area contributed by atoms with E-state index in [9.17, 15) is 8.42 Å². The van der Waals surface area contributed by atoms with Gasteiger partial charge in [0.15, 0.2) is 11.5 Å². The van der Waals surface area contributed by atoms with Crippen LogP contribution in [0.15, 0.2) is 23.1 Å². The highest BCUT2D eigenvalue weighted by Crippen LogP contribution is 2.35. The molecule has 7 heteroatoms. The van der Waals surface area contributed by atoms with Crippen LogP contribution in [-0.4, -0.2) is 52.6 Å². The summed E-state index contributed by atoms with van der Waals surface area (Å²) in [7, 11) is -0.463. The van der Waals surface area contributed by atoms with Gasteiger partial charge in [0, 0.05) is 25.2 Å². The summed E-state index contributed by atoms with van der Waals surface area (Å²) in [5, 5.41) is 3.27. The molecule has 2 heterocycles. The Kier molecular flexibility index (Phi) is 3.81. The number of nitrogens with one attached hydrogen (secondary N) is 1. The summed E-state index contributed by atoms with van der Waals surface area (Å²) in [6, 6.07) is 4.81. The molecule has 0 saturated carbocycles. The van der Waals surface area contributed by atoms with Crippen LogP contribution in [0, 0.1) is 5.92 Å². The number of sulfonamides is 1. The SMILES string of the molecule is COc1ccc(S(=O)(=O)N2CC[C@H]3CNC[C@H]32)cc1OC. The van der Waals surface area contributed by atoms with Crippen LogP contribution in [0.4, 0.5) is 0 Å². The number of rotatable bonds is 4. The van der Waals surface area contributed by atoms with Crippen molar-refractivity contribution >= 4 is 10.0 Å². The normalized spacial score (nSPS) is 25.8. The maximum Gasteiger partial charge on any atom is 0.243 e. The Hall–Kier alpha value is -1.31. The van der Waals surface area contributed by atoms with Gasteiger partial charge in [-0.15, -0.1) is 0 Å². The Morgan fingerprint density at radius 3 is 2.67 bits per heavy atom. The molecule has 0 radical (unpaired) electrons. The van der Waals surface area contributed by atoms with Crippen molar-refractivity contribution in [3.8, 4) is 11.5 Å². The zero-order valence-electron chi connectivity index (χ0n) is 12.2. The third-order valence-corrected chi connectivity index (χ3v) is 6.28. The minimum Gasteiger partial charge on any atom is -0.493 e. The van der Waals surface area contributed by atoms with E-state index in [-0.39, 0.29) is 10.9 Å². The Morgan fingerprint density at radius 2 is 1.95 bits per heavy atom. The highest BCUT2D eigenvalue weighted by Gasteiger charge is 2.43. The van der Waals surface area contributed by atoms with Crippen molar-refractivity contribution in [3.63, 3.8) is 0 Å². The van der Waals surface area contributed by atoms with E-state index in [0.717, 1.165) is 19.5 Å². The van der Waals surface area contributed by atoms with Crippen LogP contribution in [0.1, 0.15) is 6.42 Å². The van der Waals surface area contributed by atoms with Gasteiger partial charge in [0.1, 0.15) is 0 Å². The third-order valence-electron chi connectivity index (χ3n) is 4.36. The van der Waals surface area contributed by atoms with E-state index in [1.165, 1.54) is 20.3 Å². The van der Waals surface area contributed by atoms with E-state index in [1.807, 2.05) is 0 Å². The first kappa shape index (κ1) is 14.6. The van der Waals surface area contributed by atoms with Crippen molar-refractivity contribution in [2.75, 3.05) is 33.9 Å². The van der Waals surface area contributed by atoms with Crippen LogP contribution in [0.2, 0.25) is 0 Å². The first-order valence-electron chi connectivity index (χ1n) is 7.02. The van der Waals surface area contributed by atoms with Crippen molar-refractivity contribution in [1.29, 1.82) is 0 Å². The van der Waals surface area contributed by atoms with Gasteiger partial charge in [0.2, 0.25) is 10.0 Å². The minimum atomic E-state index is -3.49. The van der Waals surface area contributed by atoms with Crippen LogP contribution >= 0.6 is 0 Å². The fraction of sp³-hybridized carbons (Fsp3) is 0.571. The van der Waals surface area contributed by atoms with Crippen molar-refractivity contribution < 1.29 is 17.9 Å². The van der Waals surface area contributed by atoms with Crippen molar-refractivity contribution in [2.24, 2.45) is 5.92 Å². The molecular weight excluding hydrogens is 292 g/mol. The predicted molar refractivity (Wildman–Crippen MR) is 78.2 cm³/mol. The summed E-state index contributed by atoms with van der Waals surface area (Å²) in [5.41, 5.74) is 0. The molecule has 6 nitrogen and oxygen atoms in total. The molecule has 0 bridgehead atoms. The first-order chi connectivity index (χ1) is 10.1. The van der Waals surface area contributed by atoms with Crippen LogP contribution in [0.5, 0.6) is 11.5 Å². The lowest BCUT2D eigenvalue weighted by molar-refractivity contribution is 0.353. The van der Waals surface area contributed by atoms with Crippen molar-refractivity contribution in [3.05, 3.63) is 18.2 Å². The predicted octanol–water partition coefficient (Wildman–Crippen LogP) is 0.686. The number of ether oxygens (including phenoxy) is 2. The van der Waals surface area contributed by atoms with Crippen LogP contribution in [-0.2, 0) is 10.0 Å². The standard InChI is InChI=1S/C14H20N2O4S/c1-19-13-4-3-11(7-14(13)20-2)21(17,18)16-6-5-10-8-15-9-12(10)16/h3-4,7,10,12,15H,5-6,8-9H2,1-2H3/t10-,12+/m0/s1. The summed E-state index contributed by atoms with van der Waals surface area (Å²) >= 11 is 0. The monoisotopic (exact) mass is 312 g/mol. The van der Waals surface area contributed by atoms with Gasteiger partial charge in [0.05, 0.1) is 19.1 Å². The number of hydrogen-bond acceptors (Lipinski definition) is 5. The van der Waals surface area contributed by atoms with Gasteiger partial charge in [-0.2, -0.15) is 4.31 Å². The molecule has 3 rings (SSSR count). The molecule has 116 valence electrons. The molecule has 0 spiro atoms. The molecule has 2 fully saturated rings. The van der Waals surface area contributed by atoms with Gasteiger partial charge >= 0.3 is 0 Å². The molecule has 0 aromatic heterocycles. The second kappa shape index (κ2) is 5.47. The smallest absolute Gasteiger partial charge is 0.243 e. The summed E-state index contributed by atoms with van der Waals surface area (Å²) in [5.74, 6) is 1.39. The number of benzene rings is 1. The van der Waals surface area contributed by atoms with Crippen molar-refractivity contribution in [1.82, 2.24) is 9.62 Å². The maximum absolute atomic E-state index is 12.8. The Bertz CT molecular complexity index is 632. The van der Waals surface area contributed by atoms with Crippen LogP contribution in [0.25, 0.3) is 0 Å². The highest BCUT2D eigenvalue weighted by molar-refractivity contribution is 7.89. The maximum atomic E-state index is 12.8. The third kappa shape index (κ3) is 2.39. The fourth-order valence-electron chi connectivity index (χ4n) is 3.22. The summed E-state index contributed by atoms with van der Waals surface area (Å²) < 4.78 is 37.7. The quantitative estimate of drug-likeness (QED) is 0.886. The number of fused-ring (bicyclic) bond motifs is 1. The van der Waals surface area contributed by atoms with Gasteiger partial charge in [-0.3, -0.25) is 0 Å². The molecule has 2 aliphatic heterocycles. The summed E-state index contributed by atoms with van der Waals surface area (Å²) in [4.78, 5) is 0.257. The van der Waals surface area contributed by atoms with E-state index < -0.39 is 10.0 Å². The van der Waals surface area contributed by atoms with Crippen LogP contribution in [0.3, 0.4) is 0 Å². The molecule has 0 unspecified atom stereocenters. The Balaban J connectivity index is 1.95. The lowest BCUT2D eigenvalue weighted by Gasteiger charge is -2.23. The molecule has 0 aliphatic carbocycles. The summed E-state index contributed by atoms with van der Waals surface area (Å²) in [6.45, 7) is 2.23. The molecule has 1 aromatic rings. The average Bonchev–Trinajstić information content (AvgIpc) is 3.09. The highest BCUT2D eigenvalue weighted by atomic mass is 32.2. The second-order valence-corrected chi connectivity index (χ2v) is 7.30. The van der Waals surface area contributed by atoms with Gasteiger partial charge < -0.3 is 14.8 Å². The zero-order valence-corrected chi connectivity index (χ0v) is 13.0. The summed E-state index contributed by atoms with van der Waals surface area (Å²) in [6.07, 6.45) is 0.921. The van der Waals surface area contributed by atoms with E-state index in [0.29, 0.717) is 24.0 Å². The molecule has 2 saturated heterocycles. The molecule has 1 aromatic carbocycles. The number of hydrogen-bond donors (Lipinski definition) is 1. The second-order valence-electron chi connectivity index (χ2n) is 5.41. The van der Waals surface area contributed by atoms with E-state index >= 15 is 0 Å². The minimum absolute atomic E-state index is 0.0723. The molecule has 2 aliphatic rings. The lowest BCUT2D eigenvalue weighted by Crippen LogP contribution is -2.39. The van der Waals surface area contributed by atoms with E-state index in [2.05, 4.69) is 5.32 Å². The van der Waals surface area contributed by atoms with Gasteiger partial charge in [-0.25, -0.2) is 8.42 Å². The Labute approximate surface area is 125 Å².